The van der Waals surface area contributed by atoms with E-state index in [1.807, 2.05) is 13.8 Å². The molecule has 98 valence electrons. The van der Waals surface area contributed by atoms with Crippen LogP contribution in [0, 0.1) is 0 Å². The summed E-state index contributed by atoms with van der Waals surface area (Å²) in [5, 5.41) is 8.61. The molecule has 0 saturated carbocycles. The lowest BCUT2D eigenvalue weighted by Gasteiger charge is -2.15. The van der Waals surface area contributed by atoms with E-state index in [9.17, 15) is 9.59 Å². The molecule has 0 fully saturated rings. The zero-order chi connectivity index (χ0) is 13.7. The minimum absolute atomic E-state index is 0.0706. The van der Waals surface area contributed by atoms with Crippen LogP contribution >= 0.6 is 0 Å². The van der Waals surface area contributed by atoms with Crippen LogP contribution in [0.4, 0.5) is 0 Å². The zero-order valence-corrected chi connectivity index (χ0v) is 10.7. The number of hydrogen-bond donors (Lipinski definition) is 1. The van der Waals surface area contributed by atoms with Crippen LogP contribution in [0.15, 0.2) is 24.3 Å². The van der Waals surface area contributed by atoms with Gasteiger partial charge < -0.3 is 14.7 Å². The molecule has 0 aliphatic carbocycles. The van der Waals surface area contributed by atoms with Crippen molar-refractivity contribution in [3.05, 3.63) is 29.8 Å². The number of likely N-dealkylation sites (N-methyl/N-ethyl adjacent to an activating group) is 1. The number of carboxylic acid groups (broad SMARTS) is 1. The van der Waals surface area contributed by atoms with Crippen LogP contribution in [-0.4, -0.2) is 41.6 Å². The summed E-state index contributed by atoms with van der Waals surface area (Å²) in [4.78, 5) is 23.5. The van der Waals surface area contributed by atoms with Gasteiger partial charge in [-0.25, -0.2) is 0 Å². The van der Waals surface area contributed by atoms with E-state index < -0.39 is 5.97 Å². The van der Waals surface area contributed by atoms with Gasteiger partial charge in [-0.15, -0.1) is 0 Å². The van der Waals surface area contributed by atoms with Crippen LogP contribution < -0.4 is 4.74 Å². The number of carbonyl (C=O) groups is 2. The first kappa shape index (κ1) is 14.0. The molecule has 5 heteroatoms. The first-order valence-corrected chi connectivity index (χ1v) is 5.64. The van der Waals surface area contributed by atoms with E-state index in [-0.39, 0.29) is 18.6 Å². The topological polar surface area (TPSA) is 66.8 Å². The number of benzene rings is 1. The number of nitrogens with zero attached hydrogens (tertiary/aromatic N) is 1. The monoisotopic (exact) mass is 251 g/mol. The molecule has 18 heavy (non-hydrogen) atoms. The predicted octanol–water partition coefficient (Wildman–Crippen LogP) is 1.63. The number of aliphatic carboxylic acids is 1. The molecule has 0 bridgehead atoms. The molecule has 0 spiro atoms. The predicted molar refractivity (Wildman–Crippen MR) is 66.8 cm³/mol. The molecule has 1 aromatic rings. The van der Waals surface area contributed by atoms with Gasteiger partial charge in [0, 0.05) is 12.6 Å². The maximum atomic E-state index is 11.8. The Morgan fingerprint density at radius 1 is 1.28 bits per heavy atom. The van der Waals surface area contributed by atoms with Gasteiger partial charge in [0.15, 0.2) is 0 Å². The maximum absolute atomic E-state index is 11.8. The lowest BCUT2D eigenvalue weighted by atomic mass is 10.2. The highest BCUT2D eigenvalue weighted by atomic mass is 16.5. The average molecular weight is 251 g/mol. The Morgan fingerprint density at radius 2 is 1.83 bits per heavy atom. The lowest BCUT2D eigenvalue weighted by molar-refractivity contribution is -0.137. The summed E-state index contributed by atoms with van der Waals surface area (Å²) < 4.78 is 5.45. The largest absolute Gasteiger partial charge is 0.491 e. The van der Waals surface area contributed by atoms with E-state index >= 15 is 0 Å². The molecule has 1 amide bonds. The van der Waals surface area contributed by atoms with E-state index in [4.69, 9.17) is 9.84 Å². The first-order chi connectivity index (χ1) is 8.40. The lowest BCUT2D eigenvalue weighted by Crippen LogP contribution is -2.31. The second kappa shape index (κ2) is 6.05. The Balaban J connectivity index is 2.72. The van der Waals surface area contributed by atoms with Crippen LogP contribution in [0.5, 0.6) is 5.75 Å². The van der Waals surface area contributed by atoms with Crippen LogP contribution in [-0.2, 0) is 4.79 Å². The van der Waals surface area contributed by atoms with Gasteiger partial charge in [-0.2, -0.15) is 0 Å². The highest BCUT2D eigenvalue weighted by Crippen LogP contribution is 2.14. The minimum Gasteiger partial charge on any atom is -0.491 e. The van der Waals surface area contributed by atoms with Crippen molar-refractivity contribution in [3.63, 3.8) is 0 Å². The third-order valence-corrected chi connectivity index (χ3v) is 2.19. The Bertz CT molecular complexity index is 425. The maximum Gasteiger partial charge on any atom is 0.323 e. The highest BCUT2D eigenvalue weighted by Gasteiger charge is 2.14. The summed E-state index contributed by atoms with van der Waals surface area (Å²) in [6, 6.07) is 6.64. The van der Waals surface area contributed by atoms with E-state index in [1.165, 1.54) is 7.05 Å². The zero-order valence-electron chi connectivity index (χ0n) is 10.7. The Morgan fingerprint density at radius 3 is 2.28 bits per heavy atom. The Labute approximate surface area is 106 Å². The molecule has 0 atom stereocenters. The van der Waals surface area contributed by atoms with Crippen molar-refractivity contribution < 1.29 is 19.4 Å². The molecule has 1 rings (SSSR count). The normalized spacial score (nSPS) is 10.2. The van der Waals surface area contributed by atoms with E-state index in [2.05, 4.69) is 0 Å². The molecular formula is C13H17NO4. The van der Waals surface area contributed by atoms with Crippen molar-refractivity contribution >= 4 is 11.9 Å². The smallest absolute Gasteiger partial charge is 0.323 e. The van der Waals surface area contributed by atoms with Gasteiger partial charge in [0.25, 0.3) is 5.91 Å². The first-order valence-electron chi connectivity index (χ1n) is 5.64. The van der Waals surface area contributed by atoms with Crippen molar-refractivity contribution in [2.45, 2.75) is 20.0 Å². The number of carboxylic acids is 1. The van der Waals surface area contributed by atoms with E-state index in [0.717, 1.165) is 4.90 Å². The van der Waals surface area contributed by atoms with Gasteiger partial charge in [0.1, 0.15) is 12.3 Å². The van der Waals surface area contributed by atoms with Crippen molar-refractivity contribution in [2.75, 3.05) is 13.6 Å². The summed E-state index contributed by atoms with van der Waals surface area (Å²) >= 11 is 0. The molecule has 5 nitrogen and oxygen atoms in total. The molecule has 1 N–H and O–H groups in total. The molecule has 0 aromatic heterocycles. The van der Waals surface area contributed by atoms with Gasteiger partial charge in [0.2, 0.25) is 0 Å². The second-order valence-electron chi connectivity index (χ2n) is 4.25. The van der Waals surface area contributed by atoms with Crippen molar-refractivity contribution in [3.8, 4) is 5.75 Å². The summed E-state index contributed by atoms with van der Waals surface area (Å²) in [6.45, 7) is 3.52. The Kier molecular flexibility index (Phi) is 4.71. The number of hydrogen-bond acceptors (Lipinski definition) is 3. The molecule has 0 radical (unpaired) electrons. The van der Waals surface area contributed by atoms with Crippen LogP contribution in [0.2, 0.25) is 0 Å². The number of rotatable bonds is 5. The average Bonchev–Trinajstić information content (AvgIpc) is 2.27. The summed E-state index contributed by atoms with van der Waals surface area (Å²) in [5.74, 6) is -0.679. The summed E-state index contributed by atoms with van der Waals surface area (Å²) in [7, 11) is 1.45. The minimum atomic E-state index is -1.04. The van der Waals surface area contributed by atoms with Crippen LogP contribution in [0.3, 0.4) is 0 Å². The number of carbonyl (C=O) groups excluding carboxylic acids is 1. The fourth-order valence-electron chi connectivity index (χ4n) is 1.44. The third-order valence-electron chi connectivity index (χ3n) is 2.19. The number of amides is 1. The molecular weight excluding hydrogens is 234 g/mol. The standard InChI is InChI=1S/C13H17NO4/c1-9(2)18-11-6-4-10(5-7-11)13(17)14(3)8-12(15)16/h4-7,9H,8H2,1-3H3,(H,15,16). The quantitative estimate of drug-likeness (QED) is 0.863. The Hall–Kier alpha value is -2.04. The van der Waals surface area contributed by atoms with Gasteiger partial charge >= 0.3 is 5.97 Å². The van der Waals surface area contributed by atoms with Crippen molar-refractivity contribution in [1.29, 1.82) is 0 Å². The second-order valence-corrected chi connectivity index (χ2v) is 4.25. The van der Waals surface area contributed by atoms with E-state index in [0.29, 0.717) is 11.3 Å². The van der Waals surface area contributed by atoms with Gasteiger partial charge in [-0.3, -0.25) is 9.59 Å². The summed E-state index contributed by atoms with van der Waals surface area (Å²) in [5.41, 5.74) is 0.440. The summed E-state index contributed by atoms with van der Waals surface area (Å²) in [6.07, 6.45) is 0.0706. The third kappa shape index (κ3) is 4.08. The number of ether oxygens (including phenoxy) is 1. The molecule has 0 heterocycles. The fraction of sp³-hybridized carbons (Fsp3) is 0.385. The molecule has 0 unspecified atom stereocenters. The van der Waals surface area contributed by atoms with Crippen molar-refractivity contribution in [1.82, 2.24) is 4.90 Å². The van der Waals surface area contributed by atoms with Crippen LogP contribution in [0.1, 0.15) is 24.2 Å². The molecule has 0 aliphatic rings. The highest BCUT2D eigenvalue weighted by molar-refractivity contribution is 5.95. The van der Waals surface area contributed by atoms with Crippen molar-refractivity contribution in [2.24, 2.45) is 0 Å². The fourth-order valence-corrected chi connectivity index (χ4v) is 1.44. The van der Waals surface area contributed by atoms with Gasteiger partial charge in [0.05, 0.1) is 6.10 Å². The molecule has 1 aromatic carbocycles. The van der Waals surface area contributed by atoms with Gasteiger partial charge in [-0.05, 0) is 38.1 Å². The molecule has 0 saturated heterocycles. The van der Waals surface area contributed by atoms with E-state index in [1.54, 1.807) is 24.3 Å². The molecule has 0 aliphatic heterocycles. The SMILES string of the molecule is CC(C)Oc1ccc(C(=O)N(C)CC(=O)O)cc1. The van der Waals surface area contributed by atoms with Crippen LogP contribution in [0.25, 0.3) is 0 Å². The van der Waals surface area contributed by atoms with Gasteiger partial charge in [-0.1, -0.05) is 0 Å².